The second-order valence-corrected chi connectivity index (χ2v) is 10.1. The molecule has 0 spiro atoms. The maximum absolute atomic E-state index is 13.6. The smallest absolute Gasteiger partial charge is 0.255 e. The summed E-state index contributed by atoms with van der Waals surface area (Å²) >= 11 is 0. The number of ether oxygens (including phenoxy) is 1. The number of H-pyrrole nitrogens is 1. The molecule has 2 N–H and O–H groups in total. The Kier molecular flexibility index (Phi) is 5.60. The van der Waals surface area contributed by atoms with E-state index in [0.29, 0.717) is 35.2 Å². The molecule has 0 bridgehead atoms. The van der Waals surface area contributed by atoms with Crippen LogP contribution in [0, 0.1) is 0 Å². The zero-order chi connectivity index (χ0) is 26.6. The lowest BCUT2D eigenvalue weighted by Gasteiger charge is -2.37. The second-order valence-electron chi connectivity index (χ2n) is 10.1. The van der Waals surface area contributed by atoms with Gasteiger partial charge in [0, 0.05) is 43.0 Å². The number of aromatic nitrogens is 8. The first kappa shape index (κ1) is 24.0. The molecule has 1 fully saturated rings. The molecule has 1 aromatic carbocycles. The van der Waals surface area contributed by atoms with Gasteiger partial charge in [0.05, 0.1) is 35.0 Å². The molecule has 13 nitrogen and oxygen atoms in total. The Balaban J connectivity index is 1.31. The Bertz CT molecular complexity index is 1570. The van der Waals surface area contributed by atoms with Crippen molar-refractivity contribution in [3.05, 3.63) is 41.9 Å². The molecular weight excluding hydrogens is 486 g/mol. The summed E-state index contributed by atoms with van der Waals surface area (Å²) in [4.78, 5) is 26.6. The van der Waals surface area contributed by atoms with E-state index in [1.807, 2.05) is 57.0 Å². The standard InChI is InChI=1S/C25H29N11O2/c1-14-12-35(8-9-38-14)20-11-19(26-13-27-20)22-17-10-16(6-7-18(17)29-30-22)28-23(37)21-15(2)34(5)24-31-32-33-36(24)25(21,3)4/h6-7,10-11,13-14H,8-9,12H2,1-5H3,(H,28,37)(H,29,30)/t14-/m0/s1. The van der Waals surface area contributed by atoms with Gasteiger partial charge in [0.15, 0.2) is 0 Å². The Hall–Kier alpha value is -4.39. The largest absolute Gasteiger partial charge is 0.375 e. The zero-order valence-electron chi connectivity index (χ0n) is 21.9. The van der Waals surface area contributed by atoms with Crippen molar-refractivity contribution in [1.82, 2.24) is 40.4 Å². The Morgan fingerprint density at radius 1 is 1.24 bits per heavy atom. The third-order valence-electron chi connectivity index (χ3n) is 7.27. The number of fused-ring (bicyclic) bond motifs is 2. The molecule has 1 amide bonds. The van der Waals surface area contributed by atoms with E-state index in [-0.39, 0.29) is 12.0 Å². The molecular formula is C25H29N11O2. The molecule has 0 saturated carbocycles. The van der Waals surface area contributed by atoms with Crippen LogP contribution in [0.15, 0.2) is 41.9 Å². The van der Waals surface area contributed by atoms with Crippen molar-refractivity contribution in [3.63, 3.8) is 0 Å². The average molecular weight is 516 g/mol. The van der Waals surface area contributed by atoms with Crippen LogP contribution >= 0.6 is 0 Å². The van der Waals surface area contributed by atoms with Crippen LogP contribution in [0.25, 0.3) is 22.3 Å². The van der Waals surface area contributed by atoms with Crippen molar-refractivity contribution in [2.75, 3.05) is 41.9 Å². The van der Waals surface area contributed by atoms with E-state index in [1.54, 1.807) is 11.0 Å². The van der Waals surface area contributed by atoms with Gasteiger partial charge in [-0.25, -0.2) is 14.6 Å². The fourth-order valence-corrected chi connectivity index (χ4v) is 5.22. The van der Waals surface area contributed by atoms with Crippen LogP contribution in [0.1, 0.15) is 27.7 Å². The molecule has 2 aliphatic heterocycles. The summed E-state index contributed by atoms with van der Waals surface area (Å²) in [7, 11) is 1.84. The first-order valence-electron chi connectivity index (χ1n) is 12.5. The summed E-state index contributed by atoms with van der Waals surface area (Å²) in [5.41, 5.74) is 3.49. The van der Waals surface area contributed by atoms with Crippen LogP contribution in [0.3, 0.4) is 0 Å². The molecule has 0 radical (unpaired) electrons. The predicted octanol–water partition coefficient (Wildman–Crippen LogP) is 2.33. The lowest BCUT2D eigenvalue weighted by molar-refractivity contribution is -0.113. The number of morpholine rings is 1. The summed E-state index contributed by atoms with van der Waals surface area (Å²) in [5, 5.41) is 23.5. The van der Waals surface area contributed by atoms with Gasteiger partial charge in [-0.1, -0.05) is 5.10 Å². The second kappa shape index (κ2) is 8.87. The number of aromatic amines is 1. The predicted molar refractivity (Wildman–Crippen MR) is 142 cm³/mol. The minimum atomic E-state index is -0.737. The maximum Gasteiger partial charge on any atom is 0.255 e. The Morgan fingerprint density at radius 2 is 2.08 bits per heavy atom. The topological polar surface area (TPSA) is 143 Å². The average Bonchev–Trinajstić information content (AvgIpc) is 3.56. The highest BCUT2D eigenvalue weighted by Crippen LogP contribution is 2.37. The first-order valence-corrected chi connectivity index (χ1v) is 12.5. The Morgan fingerprint density at radius 3 is 2.89 bits per heavy atom. The number of amides is 1. The maximum atomic E-state index is 13.6. The highest BCUT2D eigenvalue weighted by molar-refractivity contribution is 6.07. The fourth-order valence-electron chi connectivity index (χ4n) is 5.22. The monoisotopic (exact) mass is 515 g/mol. The van der Waals surface area contributed by atoms with Gasteiger partial charge < -0.3 is 19.9 Å². The summed E-state index contributed by atoms with van der Waals surface area (Å²) in [6.45, 7) is 10.00. The number of carbonyl (C=O) groups excluding carboxylic acids is 1. The summed E-state index contributed by atoms with van der Waals surface area (Å²) in [6, 6.07) is 7.59. The molecule has 6 rings (SSSR count). The number of hydrogen-bond acceptors (Lipinski definition) is 10. The molecule has 38 heavy (non-hydrogen) atoms. The number of nitrogens with zero attached hydrogens (tertiary/aromatic N) is 9. The van der Waals surface area contributed by atoms with Gasteiger partial charge in [-0.15, -0.1) is 0 Å². The summed E-state index contributed by atoms with van der Waals surface area (Å²) in [6.07, 6.45) is 1.70. The van der Waals surface area contributed by atoms with Crippen molar-refractivity contribution in [1.29, 1.82) is 0 Å². The normalized spacial score (nSPS) is 19.1. The van der Waals surface area contributed by atoms with Crippen LogP contribution in [0.2, 0.25) is 0 Å². The third-order valence-corrected chi connectivity index (χ3v) is 7.27. The molecule has 196 valence electrons. The lowest BCUT2D eigenvalue weighted by Crippen LogP contribution is -2.44. The highest BCUT2D eigenvalue weighted by atomic mass is 16.5. The third kappa shape index (κ3) is 3.86. The molecule has 1 atom stereocenters. The quantitative estimate of drug-likeness (QED) is 0.416. The van der Waals surface area contributed by atoms with Crippen LogP contribution in [0.4, 0.5) is 17.5 Å². The van der Waals surface area contributed by atoms with Crippen molar-refractivity contribution in [2.24, 2.45) is 0 Å². The number of tetrazole rings is 1. The van der Waals surface area contributed by atoms with E-state index < -0.39 is 5.54 Å². The Labute approximate surface area is 218 Å². The number of anilines is 3. The molecule has 3 aromatic heterocycles. The summed E-state index contributed by atoms with van der Waals surface area (Å²) < 4.78 is 7.32. The van der Waals surface area contributed by atoms with E-state index in [9.17, 15) is 4.79 Å². The molecule has 5 heterocycles. The van der Waals surface area contributed by atoms with Gasteiger partial charge in [-0.2, -0.15) is 5.10 Å². The molecule has 13 heteroatoms. The zero-order valence-corrected chi connectivity index (χ0v) is 21.9. The minimum Gasteiger partial charge on any atom is -0.375 e. The molecule has 0 aliphatic carbocycles. The van der Waals surface area contributed by atoms with E-state index in [0.717, 1.165) is 35.5 Å². The van der Waals surface area contributed by atoms with Gasteiger partial charge >= 0.3 is 0 Å². The van der Waals surface area contributed by atoms with Crippen molar-refractivity contribution < 1.29 is 9.53 Å². The number of allylic oxidation sites excluding steroid dienone is 1. The number of rotatable bonds is 4. The van der Waals surface area contributed by atoms with Crippen LogP contribution in [-0.4, -0.2) is 79.1 Å². The van der Waals surface area contributed by atoms with E-state index in [1.165, 1.54) is 0 Å². The minimum absolute atomic E-state index is 0.139. The fraction of sp³-hybridized carbons (Fsp3) is 0.400. The van der Waals surface area contributed by atoms with Crippen molar-refractivity contribution >= 4 is 34.3 Å². The van der Waals surface area contributed by atoms with Gasteiger partial charge in [-0.3, -0.25) is 9.89 Å². The number of hydrogen-bond donors (Lipinski definition) is 2. The van der Waals surface area contributed by atoms with E-state index in [2.05, 4.69) is 52.8 Å². The number of carbonyl (C=O) groups is 1. The van der Waals surface area contributed by atoms with Gasteiger partial charge in [0.2, 0.25) is 5.95 Å². The molecule has 4 aromatic rings. The number of nitrogens with one attached hydrogen (secondary N) is 2. The number of benzene rings is 1. The van der Waals surface area contributed by atoms with Crippen LogP contribution in [0.5, 0.6) is 0 Å². The van der Waals surface area contributed by atoms with Crippen LogP contribution in [-0.2, 0) is 15.1 Å². The highest BCUT2D eigenvalue weighted by Gasteiger charge is 2.41. The van der Waals surface area contributed by atoms with Gasteiger partial charge in [0.1, 0.15) is 17.8 Å². The van der Waals surface area contributed by atoms with E-state index >= 15 is 0 Å². The first-order chi connectivity index (χ1) is 18.2. The van der Waals surface area contributed by atoms with Crippen LogP contribution < -0.4 is 15.1 Å². The van der Waals surface area contributed by atoms with Crippen molar-refractivity contribution in [3.8, 4) is 11.4 Å². The lowest BCUT2D eigenvalue weighted by atomic mass is 9.89. The molecule has 2 aliphatic rings. The SMILES string of the molecule is CC1=C(C(=O)Nc2ccc3[nH]nc(-c4cc(N5CCO[C@@H](C)C5)ncn4)c3c2)C(C)(C)n2nnnc2N1C. The van der Waals surface area contributed by atoms with Gasteiger partial charge in [-0.05, 0) is 56.3 Å². The van der Waals surface area contributed by atoms with Crippen molar-refractivity contribution in [2.45, 2.75) is 39.3 Å². The molecule has 1 saturated heterocycles. The summed E-state index contributed by atoms with van der Waals surface area (Å²) in [5.74, 6) is 1.19. The molecule has 0 unspecified atom stereocenters. The van der Waals surface area contributed by atoms with E-state index in [4.69, 9.17) is 4.74 Å². The van der Waals surface area contributed by atoms with Gasteiger partial charge in [0.25, 0.3) is 5.91 Å².